The summed E-state index contributed by atoms with van der Waals surface area (Å²) in [7, 11) is 0. The van der Waals surface area contributed by atoms with Crippen LogP contribution in [0.15, 0.2) is 48.5 Å². The molecule has 0 aliphatic heterocycles. The van der Waals surface area contributed by atoms with E-state index in [2.05, 4.69) is 11.8 Å². The summed E-state index contributed by atoms with van der Waals surface area (Å²) in [5.41, 5.74) is 4.03. The number of benzene rings is 2. The van der Waals surface area contributed by atoms with Crippen molar-refractivity contribution in [1.82, 2.24) is 0 Å². The molecule has 0 heterocycles. The zero-order chi connectivity index (χ0) is 12.8. The molecule has 0 unspecified atom stereocenters. The molecule has 0 aliphatic carbocycles. The molecule has 0 amide bonds. The van der Waals surface area contributed by atoms with Crippen LogP contribution in [-0.2, 0) is 0 Å². The van der Waals surface area contributed by atoms with Crippen LogP contribution in [0.3, 0.4) is 0 Å². The van der Waals surface area contributed by atoms with E-state index in [1.807, 2.05) is 60.7 Å². The van der Waals surface area contributed by atoms with Gasteiger partial charge in [-0.1, -0.05) is 48.3 Å². The van der Waals surface area contributed by atoms with Crippen molar-refractivity contribution in [3.63, 3.8) is 0 Å². The Bertz CT molecular complexity index is 567. The van der Waals surface area contributed by atoms with Crippen molar-refractivity contribution in [2.45, 2.75) is 0 Å². The third kappa shape index (κ3) is 2.91. The first-order valence-corrected chi connectivity index (χ1v) is 5.63. The lowest BCUT2D eigenvalue weighted by atomic mass is 10.1. The van der Waals surface area contributed by atoms with E-state index in [4.69, 9.17) is 12.8 Å². The summed E-state index contributed by atoms with van der Waals surface area (Å²) in [6.07, 6.45) is 14.7. The molecule has 0 fully saturated rings. The van der Waals surface area contributed by atoms with Gasteiger partial charge in [-0.2, -0.15) is 0 Å². The molecule has 0 radical (unpaired) electrons. The molecule has 0 saturated heterocycles. The normalized spacial score (nSPS) is 9.89. The van der Waals surface area contributed by atoms with Crippen LogP contribution in [0.1, 0.15) is 22.3 Å². The molecule has 84 valence electrons. The number of hydrogen-bond donors (Lipinski definition) is 0. The Morgan fingerprint density at radius 3 is 1.22 bits per heavy atom. The van der Waals surface area contributed by atoms with Crippen LogP contribution in [-0.4, -0.2) is 0 Å². The fourth-order valence-electron chi connectivity index (χ4n) is 1.57. The van der Waals surface area contributed by atoms with E-state index in [1.165, 1.54) is 0 Å². The van der Waals surface area contributed by atoms with Crippen LogP contribution >= 0.6 is 0 Å². The Morgan fingerprint density at radius 1 is 0.611 bits per heavy atom. The minimum atomic E-state index is 0.894. The zero-order valence-corrected chi connectivity index (χ0v) is 9.93. The van der Waals surface area contributed by atoms with Crippen molar-refractivity contribution < 1.29 is 0 Å². The summed E-state index contributed by atoms with van der Waals surface area (Å²) in [6.45, 7) is 0. The molecule has 0 nitrogen and oxygen atoms in total. The first-order chi connectivity index (χ1) is 8.81. The molecule has 2 rings (SSSR count). The van der Waals surface area contributed by atoms with Gasteiger partial charge in [0, 0.05) is 11.1 Å². The fourth-order valence-corrected chi connectivity index (χ4v) is 1.57. The van der Waals surface area contributed by atoms with Gasteiger partial charge in [-0.15, -0.1) is 12.8 Å². The van der Waals surface area contributed by atoms with Gasteiger partial charge in [0.2, 0.25) is 0 Å². The summed E-state index contributed by atoms with van der Waals surface area (Å²) >= 11 is 0. The predicted octanol–water partition coefficient (Wildman–Crippen LogP) is 3.82. The molecule has 0 aromatic heterocycles. The Balaban J connectivity index is 2.14. The molecule has 0 atom stereocenters. The summed E-state index contributed by atoms with van der Waals surface area (Å²) in [4.78, 5) is 0. The molecular weight excluding hydrogens is 216 g/mol. The highest BCUT2D eigenvalue weighted by atomic mass is 13.9. The van der Waals surface area contributed by atoms with Gasteiger partial charge in [-0.05, 0) is 35.4 Å². The summed E-state index contributed by atoms with van der Waals surface area (Å²) < 4.78 is 0. The average Bonchev–Trinajstić information content (AvgIpc) is 2.46. The fraction of sp³-hybridized carbons (Fsp3) is 0. The Morgan fingerprint density at radius 2 is 0.944 bits per heavy atom. The van der Waals surface area contributed by atoms with Crippen molar-refractivity contribution in [2.75, 3.05) is 0 Å². The SMILES string of the molecule is C#Cc1ccc(/C=C/c2ccc(C#C)cc2)cc1. The van der Waals surface area contributed by atoms with E-state index in [1.54, 1.807) is 0 Å². The van der Waals surface area contributed by atoms with Gasteiger partial charge in [0.1, 0.15) is 0 Å². The van der Waals surface area contributed by atoms with Crippen LogP contribution in [0.4, 0.5) is 0 Å². The molecular formula is C18H12. The molecule has 0 N–H and O–H groups in total. The number of rotatable bonds is 2. The summed E-state index contributed by atoms with van der Waals surface area (Å²) in [5, 5.41) is 0. The molecule has 2 aromatic rings. The standard InChI is InChI=1S/C18H12/c1-3-15-5-9-17(10-6-15)13-14-18-11-7-16(4-2)8-12-18/h1-2,5-14H/b14-13+. The topological polar surface area (TPSA) is 0 Å². The van der Waals surface area contributed by atoms with Crippen LogP contribution in [0.25, 0.3) is 12.2 Å². The third-order valence-corrected chi connectivity index (χ3v) is 2.62. The van der Waals surface area contributed by atoms with E-state index < -0.39 is 0 Å². The maximum atomic E-state index is 5.31. The Kier molecular flexibility index (Phi) is 3.65. The van der Waals surface area contributed by atoms with Crippen LogP contribution < -0.4 is 0 Å². The van der Waals surface area contributed by atoms with E-state index >= 15 is 0 Å². The molecule has 0 spiro atoms. The van der Waals surface area contributed by atoms with Crippen LogP contribution in [0, 0.1) is 24.7 Å². The van der Waals surface area contributed by atoms with Gasteiger partial charge in [0.25, 0.3) is 0 Å². The van der Waals surface area contributed by atoms with Gasteiger partial charge < -0.3 is 0 Å². The van der Waals surface area contributed by atoms with Crippen molar-refractivity contribution >= 4 is 12.2 Å². The molecule has 0 bridgehead atoms. The zero-order valence-electron chi connectivity index (χ0n) is 9.93. The third-order valence-electron chi connectivity index (χ3n) is 2.62. The lowest BCUT2D eigenvalue weighted by molar-refractivity contribution is 1.60. The van der Waals surface area contributed by atoms with Gasteiger partial charge in [-0.25, -0.2) is 0 Å². The van der Waals surface area contributed by atoms with E-state index in [0.717, 1.165) is 22.3 Å². The van der Waals surface area contributed by atoms with Gasteiger partial charge in [0.15, 0.2) is 0 Å². The van der Waals surface area contributed by atoms with Crippen molar-refractivity contribution in [1.29, 1.82) is 0 Å². The van der Waals surface area contributed by atoms with Crippen LogP contribution in [0.5, 0.6) is 0 Å². The Labute approximate surface area is 108 Å². The van der Waals surface area contributed by atoms with E-state index in [-0.39, 0.29) is 0 Å². The second kappa shape index (κ2) is 5.58. The highest BCUT2D eigenvalue weighted by Gasteiger charge is 1.90. The van der Waals surface area contributed by atoms with Crippen molar-refractivity contribution in [2.24, 2.45) is 0 Å². The maximum absolute atomic E-state index is 5.31. The quantitative estimate of drug-likeness (QED) is 0.541. The van der Waals surface area contributed by atoms with Gasteiger partial charge >= 0.3 is 0 Å². The van der Waals surface area contributed by atoms with Crippen LogP contribution in [0.2, 0.25) is 0 Å². The maximum Gasteiger partial charge on any atom is 0.0243 e. The van der Waals surface area contributed by atoms with E-state index in [0.29, 0.717) is 0 Å². The smallest absolute Gasteiger partial charge is 0.0243 e. The van der Waals surface area contributed by atoms with Gasteiger partial charge in [-0.3, -0.25) is 0 Å². The highest BCUT2D eigenvalue weighted by Crippen LogP contribution is 2.10. The van der Waals surface area contributed by atoms with Crippen molar-refractivity contribution in [3.8, 4) is 24.7 Å². The van der Waals surface area contributed by atoms with Crippen molar-refractivity contribution in [3.05, 3.63) is 70.8 Å². The van der Waals surface area contributed by atoms with E-state index in [9.17, 15) is 0 Å². The Hall–Kier alpha value is -2.70. The largest absolute Gasteiger partial charge is 0.115 e. The molecule has 2 aromatic carbocycles. The molecule has 18 heavy (non-hydrogen) atoms. The molecule has 0 saturated carbocycles. The minimum Gasteiger partial charge on any atom is -0.115 e. The predicted molar refractivity (Wildman–Crippen MR) is 77.7 cm³/mol. The number of hydrogen-bond acceptors (Lipinski definition) is 0. The summed E-state index contributed by atoms with van der Waals surface area (Å²) in [6, 6.07) is 15.7. The highest BCUT2D eigenvalue weighted by molar-refractivity contribution is 5.70. The van der Waals surface area contributed by atoms with Gasteiger partial charge in [0.05, 0.1) is 0 Å². The molecule has 0 heteroatoms. The second-order valence-electron chi connectivity index (χ2n) is 3.87. The lowest BCUT2D eigenvalue weighted by Gasteiger charge is -1.96. The lowest BCUT2D eigenvalue weighted by Crippen LogP contribution is -1.77. The first kappa shape index (κ1) is 11.8. The second-order valence-corrected chi connectivity index (χ2v) is 3.87. The first-order valence-electron chi connectivity index (χ1n) is 5.63. The number of terminal acetylenes is 2. The minimum absolute atomic E-state index is 0.894. The average molecular weight is 228 g/mol. The summed E-state index contributed by atoms with van der Waals surface area (Å²) in [5.74, 6) is 5.20. The monoisotopic (exact) mass is 228 g/mol. The molecule has 0 aliphatic rings.